The van der Waals surface area contributed by atoms with Gasteiger partial charge in [0.2, 0.25) is 0 Å². The van der Waals surface area contributed by atoms with Crippen LogP contribution in [0, 0.1) is 12.3 Å². The molecule has 1 saturated carbocycles. The Hall–Kier alpha value is -1.62. The van der Waals surface area contributed by atoms with Gasteiger partial charge in [0.1, 0.15) is 0 Å². The molecule has 0 radical (unpaired) electrons. The lowest BCUT2D eigenvalue weighted by atomic mass is 9.75. The molecule has 5 heteroatoms. The maximum Gasteiger partial charge on any atom is 0.255 e. The third-order valence-electron chi connectivity index (χ3n) is 4.12. The van der Waals surface area contributed by atoms with Crippen LogP contribution in [-0.2, 0) is 0 Å². The van der Waals surface area contributed by atoms with Gasteiger partial charge < -0.3 is 10.7 Å². The van der Waals surface area contributed by atoms with Crippen LogP contribution in [0.2, 0.25) is 0 Å². The lowest BCUT2D eigenvalue weighted by molar-refractivity contribution is 0.0909. The van der Waals surface area contributed by atoms with Crippen molar-refractivity contribution in [3.8, 4) is 0 Å². The number of carbonyl (C=O) groups is 1. The van der Waals surface area contributed by atoms with Crippen molar-refractivity contribution in [3.05, 3.63) is 23.5 Å². The van der Waals surface area contributed by atoms with Gasteiger partial charge in [-0.2, -0.15) is 0 Å². The molecule has 1 aromatic heterocycles. The summed E-state index contributed by atoms with van der Waals surface area (Å²) in [6.07, 6.45) is 5.93. The first-order valence-electron chi connectivity index (χ1n) is 7.15. The van der Waals surface area contributed by atoms with E-state index < -0.39 is 0 Å². The molecule has 2 rings (SSSR count). The number of nitrogen functional groups attached to an aromatic ring is 1. The molecule has 110 valence electrons. The van der Waals surface area contributed by atoms with Crippen LogP contribution in [0.4, 0.5) is 5.69 Å². The average Bonchev–Trinajstić information content (AvgIpc) is 2.40. The Morgan fingerprint density at radius 2 is 2.05 bits per heavy atom. The first-order valence-corrected chi connectivity index (χ1v) is 7.15. The number of nitrogens with two attached hydrogens (primary N) is 1. The number of aromatic nitrogens is 1. The maximum absolute atomic E-state index is 12.3. The van der Waals surface area contributed by atoms with Crippen molar-refractivity contribution < 1.29 is 4.79 Å². The second kappa shape index (κ2) is 5.79. The Morgan fingerprint density at radius 1 is 1.40 bits per heavy atom. The van der Waals surface area contributed by atoms with Gasteiger partial charge in [0.25, 0.3) is 5.91 Å². The summed E-state index contributed by atoms with van der Waals surface area (Å²) in [5, 5.41) is 3.09. The maximum atomic E-state index is 12.3. The number of rotatable bonds is 3. The minimum absolute atomic E-state index is 0.102. The fourth-order valence-corrected chi connectivity index (χ4v) is 2.67. The lowest BCUT2D eigenvalue weighted by Crippen LogP contribution is -2.39. The molecule has 0 atom stereocenters. The molecule has 0 saturated heterocycles. The van der Waals surface area contributed by atoms with Crippen molar-refractivity contribution in [2.24, 2.45) is 11.3 Å². The number of carbonyl (C=O) groups excluding carboxylic acids is 1. The van der Waals surface area contributed by atoms with Crippen LogP contribution >= 0.6 is 0 Å². The predicted octanol–water partition coefficient (Wildman–Crippen LogP) is 2.37. The summed E-state index contributed by atoms with van der Waals surface area (Å²) in [5.41, 5.74) is 4.91. The molecule has 1 aliphatic carbocycles. The fraction of sp³-hybridized carbons (Fsp3) is 0.600. The number of hydrogen-bond acceptors (Lipinski definition) is 4. The molecule has 0 bridgehead atoms. The number of anilines is 1. The SMILES string of the molecule is Cc1cc(NN)c(C(=O)NC2CCC(C)(C)CC2)cn1. The number of aryl methyl sites for hydroxylation is 1. The molecule has 1 aromatic rings. The fourth-order valence-electron chi connectivity index (χ4n) is 2.67. The minimum Gasteiger partial charge on any atom is -0.349 e. The number of hydrazine groups is 1. The molecule has 4 N–H and O–H groups in total. The van der Waals surface area contributed by atoms with E-state index in [0.29, 0.717) is 16.7 Å². The van der Waals surface area contributed by atoms with E-state index in [4.69, 9.17) is 5.84 Å². The van der Waals surface area contributed by atoms with Crippen molar-refractivity contribution in [1.82, 2.24) is 10.3 Å². The van der Waals surface area contributed by atoms with Crippen LogP contribution in [0.15, 0.2) is 12.3 Å². The summed E-state index contributed by atoms with van der Waals surface area (Å²) in [4.78, 5) is 16.5. The van der Waals surface area contributed by atoms with Crippen molar-refractivity contribution in [2.45, 2.75) is 52.5 Å². The number of amides is 1. The molecule has 0 spiro atoms. The second-order valence-electron chi connectivity index (χ2n) is 6.43. The second-order valence-corrected chi connectivity index (χ2v) is 6.43. The summed E-state index contributed by atoms with van der Waals surface area (Å²) in [5.74, 6) is 5.37. The average molecular weight is 276 g/mol. The highest BCUT2D eigenvalue weighted by Crippen LogP contribution is 2.35. The van der Waals surface area contributed by atoms with E-state index in [9.17, 15) is 4.79 Å². The molecular formula is C15H24N4O. The van der Waals surface area contributed by atoms with E-state index in [0.717, 1.165) is 31.4 Å². The van der Waals surface area contributed by atoms with Crippen LogP contribution in [0.5, 0.6) is 0 Å². The molecule has 20 heavy (non-hydrogen) atoms. The van der Waals surface area contributed by atoms with E-state index >= 15 is 0 Å². The molecule has 1 heterocycles. The Kier molecular flexibility index (Phi) is 4.28. The third-order valence-corrected chi connectivity index (χ3v) is 4.12. The standard InChI is InChI=1S/C15H24N4O/c1-10-8-13(19-16)12(9-17-10)14(20)18-11-4-6-15(2,3)7-5-11/h8-9,11H,4-7,16H2,1-3H3,(H,17,19)(H,18,20). The van der Waals surface area contributed by atoms with Crippen LogP contribution in [0.1, 0.15) is 55.6 Å². The van der Waals surface area contributed by atoms with Gasteiger partial charge in [0.05, 0.1) is 11.3 Å². The van der Waals surface area contributed by atoms with Gasteiger partial charge in [0.15, 0.2) is 0 Å². The van der Waals surface area contributed by atoms with Gasteiger partial charge in [-0.3, -0.25) is 15.6 Å². The van der Waals surface area contributed by atoms with Gasteiger partial charge in [-0.1, -0.05) is 13.8 Å². The summed E-state index contributed by atoms with van der Waals surface area (Å²) in [6, 6.07) is 2.03. The van der Waals surface area contributed by atoms with Gasteiger partial charge >= 0.3 is 0 Å². The van der Waals surface area contributed by atoms with Crippen molar-refractivity contribution in [1.29, 1.82) is 0 Å². The number of nitrogens with zero attached hydrogens (tertiary/aromatic N) is 1. The van der Waals surface area contributed by atoms with E-state index in [1.54, 1.807) is 12.3 Å². The summed E-state index contributed by atoms with van der Waals surface area (Å²) in [7, 11) is 0. The van der Waals surface area contributed by atoms with Crippen LogP contribution in [0.3, 0.4) is 0 Å². The molecule has 0 unspecified atom stereocenters. The van der Waals surface area contributed by atoms with E-state index in [1.165, 1.54) is 0 Å². The van der Waals surface area contributed by atoms with Crippen LogP contribution in [-0.4, -0.2) is 16.9 Å². The smallest absolute Gasteiger partial charge is 0.255 e. The van der Waals surface area contributed by atoms with Crippen molar-refractivity contribution in [2.75, 3.05) is 5.43 Å². The largest absolute Gasteiger partial charge is 0.349 e. The molecule has 1 aliphatic rings. The van der Waals surface area contributed by atoms with Gasteiger partial charge in [-0.05, 0) is 44.1 Å². The Bertz CT molecular complexity index is 489. The minimum atomic E-state index is -0.102. The van der Waals surface area contributed by atoms with E-state index in [2.05, 4.69) is 29.6 Å². The molecule has 5 nitrogen and oxygen atoms in total. The van der Waals surface area contributed by atoms with E-state index in [-0.39, 0.29) is 11.9 Å². The molecule has 1 amide bonds. The van der Waals surface area contributed by atoms with Crippen LogP contribution < -0.4 is 16.6 Å². The molecule has 0 aliphatic heterocycles. The Balaban J connectivity index is 2.02. The summed E-state index contributed by atoms with van der Waals surface area (Å²) >= 11 is 0. The topological polar surface area (TPSA) is 80.0 Å². The lowest BCUT2D eigenvalue weighted by Gasteiger charge is -2.34. The van der Waals surface area contributed by atoms with Crippen molar-refractivity contribution >= 4 is 11.6 Å². The normalized spacial score (nSPS) is 18.6. The number of hydrogen-bond donors (Lipinski definition) is 3. The summed E-state index contributed by atoms with van der Waals surface area (Å²) < 4.78 is 0. The highest BCUT2D eigenvalue weighted by Gasteiger charge is 2.28. The summed E-state index contributed by atoms with van der Waals surface area (Å²) in [6.45, 7) is 6.43. The zero-order chi connectivity index (χ0) is 14.8. The molecular weight excluding hydrogens is 252 g/mol. The number of pyridine rings is 1. The van der Waals surface area contributed by atoms with Crippen LogP contribution in [0.25, 0.3) is 0 Å². The molecule has 1 fully saturated rings. The highest BCUT2D eigenvalue weighted by atomic mass is 16.1. The monoisotopic (exact) mass is 276 g/mol. The van der Waals surface area contributed by atoms with Gasteiger partial charge in [-0.15, -0.1) is 0 Å². The van der Waals surface area contributed by atoms with Crippen molar-refractivity contribution in [3.63, 3.8) is 0 Å². The zero-order valence-electron chi connectivity index (χ0n) is 12.5. The first-order chi connectivity index (χ1) is 9.41. The number of nitrogens with one attached hydrogen (secondary N) is 2. The van der Waals surface area contributed by atoms with Gasteiger partial charge in [0, 0.05) is 17.9 Å². The zero-order valence-corrected chi connectivity index (χ0v) is 12.5. The van der Waals surface area contributed by atoms with E-state index in [1.807, 2.05) is 6.92 Å². The Labute approximate surface area is 120 Å². The predicted molar refractivity (Wildman–Crippen MR) is 80.3 cm³/mol. The third kappa shape index (κ3) is 3.48. The van der Waals surface area contributed by atoms with Gasteiger partial charge in [-0.25, -0.2) is 0 Å². The molecule has 0 aromatic carbocycles. The Morgan fingerprint density at radius 3 is 2.65 bits per heavy atom. The quantitative estimate of drug-likeness (QED) is 0.585. The first kappa shape index (κ1) is 14.8. The highest BCUT2D eigenvalue weighted by molar-refractivity contribution is 5.99.